The van der Waals surface area contributed by atoms with Crippen LogP contribution < -0.4 is 10.6 Å². The average molecular weight is 819 g/mol. The number of aldehydes is 1. The molecule has 1 aliphatic heterocycles. The first kappa shape index (κ1) is 45.8. The van der Waals surface area contributed by atoms with Crippen molar-refractivity contribution in [2.24, 2.45) is 35.0 Å². The van der Waals surface area contributed by atoms with Crippen LogP contribution >= 0.6 is 0 Å². The fourth-order valence-corrected chi connectivity index (χ4v) is 11.7. The second-order valence-electron chi connectivity index (χ2n) is 18.3. The third kappa shape index (κ3) is 9.51. The van der Waals surface area contributed by atoms with E-state index in [0.717, 1.165) is 42.3 Å². The van der Waals surface area contributed by atoms with Gasteiger partial charge in [0.2, 0.25) is 0 Å². The highest BCUT2D eigenvalue weighted by Gasteiger charge is 2.68. The first-order chi connectivity index (χ1) is 28.9. The second-order valence-corrected chi connectivity index (χ2v) is 18.3. The number of carbonyl (C=O) groups excluding carboxylic acids is 1. The Hall–Kier alpha value is -3.73. The molecule has 2 fully saturated rings. The van der Waals surface area contributed by atoms with Gasteiger partial charge < -0.3 is 30.8 Å². The first-order valence-corrected chi connectivity index (χ1v) is 22.3. The molecular formula is C52H70N2O6. The maximum Gasteiger partial charge on any atom is 0.145 e. The zero-order chi connectivity index (χ0) is 43.0. The van der Waals surface area contributed by atoms with E-state index in [2.05, 4.69) is 90.9 Å². The lowest BCUT2D eigenvalue weighted by molar-refractivity contribution is -0.194. The van der Waals surface area contributed by atoms with E-state index in [9.17, 15) is 30.3 Å². The van der Waals surface area contributed by atoms with Gasteiger partial charge in [0.25, 0.3) is 0 Å². The molecule has 8 heteroatoms. The van der Waals surface area contributed by atoms with E-state index in [1.54, 1.807) is 0 Å². The molecule has 0 unspecified atom stereocenters. The number of rotatable bonds is 14. The number of nitrogens with one attached hydrogen (secondary N) is 2. The number of benzene rings is 2. The van der Waals surface area contributed by atoms with Gasteiger partial charge in [-0.15, -0.1) is 0 Å². The summed E-state index contributed by atoms with van der Waals surface area (Å²) < 4.78 is 0. The third-order valence-corrected chi connectivity index (χ3v) is 14.7. The molecule has 11 atom stereocenters. The van der Waals surface area contributed by atoms with Crippen LogP contribution in [0.25, 0.3) is 0 Å². The molecule has 7 N–H and O–H groups in total. The van der Waals surface area contributed by atoms with Crippen molar-refractivity contribution in [2.45, 2.75) is 108 Å². The van der Waals surface area contributed by atoms with Crippen LogP contribution in [0.3, 0.4) is 0 Å². The van der Waals surface area contributed by atoms with Crippen molar-refractivity contribution in [3.63, 3.8) is 0 Å². The first-order valence-electron chi connectivity index (χ1n) is 22.3. The lowest BCUT2D eigenvalue weighted by Gasteiger charge is -2.61. The Balaban J connectivity index is 1.35. The molecule has 0 amide bonds. The molecule has 1 heterocycles. The standard InChI is InChI=1S/C52H70N2O6/c1-34(44-21-17-35(2)50(59)54-37(4)29-39-14-10-15-41(30-39)45(44)22-18-38-12-7-6-8-13-38)11-9-16-43(33-57)46-23-25-52(49(46)58)48-40(24-28-55)19-20-42(47(48)36(3)32-56)31-51(52,60)26-27-53-5/h6-17,19-20,30,32,37,40,42,44-46,48-50,53-55,57-60H,1,18,21-29,31,33H2,2-5H3/t37-,40+,42+,44-,45+,46-,48-,49-,50-,51-,52-/m1/s1. The van der Waals surface area contributed by atoms with Crippen LogP contribution in [0, 0.1) is 35.0 Å². The smallest absolute Gasteiger partial charge is 0.145 e. The molecule has 3 aliphatic carbocycles. The number of hydrogen-bond acceptors (Lipinski definition) is 8. The van der Waals surface area contributed by atoms with Crippen molar-refractivity contribution in [1.29, 1.82) is 0 Å². The summed E-state index contributed by atoms with van der Waals surface area (Å²) in [5, 5.41) is 64.4. The van der Waals surface area contributed by atoms with E-state index in [-0.39, 0.29) is 48.8 Å². The minimum absolute atomic E-state index is 0.0111. The summed E-state index contributed by atoms with van der Waals surface area (Å²) in [5.74, 6) is -0.896. The van der Waals surface area contributed by atoms with Gasteiger partial charge in [-0.05, 0) is 149 Å². The maximum atomic E-state index is 12.9. The van der Waals surface area contributed by atoms with Crippen molar-refractivity contribution >= 4 is 6.29 Å². The number of fused-ring (bicyclic) bond motifs is 5. The highest BCUT2D eigenvalue weighted by Crippen LogP contribution is 2.67. The Labute approximate surface area is 358 Å². The number of hydrogen-bond donors (Lipinski definition) is 7. The largest absolute Gasteiger partial charge is 0.396 e. The van der Waals surface area contributed by atoms with Crippen LogP contribution in [0.15, 0.2) is 125 Å². The van der Waals surface area contributed by atoms with Gasteiger partial charge in [-0.2, -0.15) is 0 Å². The Kier molecular flexibility index (Phi) is 15.6. The van der Waals surface area contributed by atoms with Crippen LogP contribution in [-0.4, -0.2) is 82.6 Å². The zero-order valence-electron chi connectivity index (χ0n) is 36.3. The predicted molar refractivity (Wildman–Crippen MR) is 241 cm³/mol. The molecule has 8 nitrogen and oxygen atoms in total. The van der Waals surface area contributed by atoms with Crippen LogP contribution in [0.5, 0.6) is 0 Å². The van der Waals surface area contributed by atoms with Gasteiger partial charge in [-0.1, -0.05) is 109 Å². The average Bonchev–Trinajstić information content (AvgIpc) is 3.59. The quantitative estimate of drug-likeness (QED) is 0.0466. The topological polar surface area (TPSA) is 142 Å². The van der Waals surface area contributed by atoms with Gasteiger partial charge >= 0.3 is 0 Å². The van der Waals surface area contributed by atoms with Gasteiger partial charge in [0.1, 0.15) is 12.5 Å². The summed E-state index contributed by atoms with van der Waals surface area (Å²) in [6.07, 6.45) is 17.1. The minimum Gasteiger partial charge on any atom is -0.396 e. The molecule has 2 aromatic carbocycles. The molecule has 2 saturated carbocycles. The fraction of sp³-hybridized carbons (Fsp3) is 0.519. The fourth-order valence-electron chi connectivity index (χ4n) is 11.7. The predicted octanol–water partition coefficient (Wildman–Crippen LogP) is 7.06. The summed E-state index contributed by atoms with van der Waals surface area (Å²) >= 11 is 0. The van der Waals surface area contributed by atoms with E-state index in [4.69, 9.17) is 0 Å². The van der Waals surface area contributed by atoms with Crippen LogP contribution in [-0.2, 0) is 17.6 Å². The van der Waals surface area contributed by atoms with Crippen molar-refractivity contribution in [3.8, 4) is 0 Å². The minimum atomic E-state index is -1.25. The summed E-state index contributed by atoms with van der Waals surface area (Å²) in [5.41, 5.74) is 5.63. The Morgan fingerprint density at radius 3 is 2.55 bits per heavy atom. The molecule has 2 aromatic rings. The lowest BCUT2D eigenvalue weighted by atomic mass is 9.45. The normalized spacial score (nSPS) is 34.2. The van der Waals surface area contributed by atoms with Gasteiger partial charge in [0.15, 0.2) is 0 Å². The number of aliphatic hydroxyl groups excluding tert-OH is 4. The van der Waals surface area contributed by atoms with Gasteiger partial charge in [-0.3, -0.25) is 10.1 Å². The number of aliphatic hydroxyl groups is 5. The zero-order valence-corrected chi connectivity index (χ0v) is 36.3. The molecule has 4 bridgehead atoms. The van der Waals surface area contributed by atoms with E-state index >= 15 is 0 Å². The molecular weight excluding hydrogens is 749 g/mol. The van der Waals surface area contributed by atoms with Gasteiger partial charge in [-0.25, -0.2) is 0 Å². The second kappa shape index (κ2) is 20.4. The maximum absolute atomic E-state index is 12.9. The number of allylic oxidation sites excluding steroid dienone is 9. The highest BCUT2D eigenvalue weighted by atomic mass is 16.3. The van der Waals surface area contributed by atoms with Gasteiger partial charge in [0.05, 0.1) is 18.3 Å². The summed E-state index contributed by atoms with van der Waals surface area (Å²) in [6.45, 7) is 10.8. The third-order valence-electron chi connectivity index (χ3n) is 14.7. The van der Waals surface area contributed by atoms with Crippen LogP contribution in [0.1, 0.15) is 88.3 Å². The molecule has 60 heavy (non-hydrogen) atoms. The van der Waals surface area contributed by atoms with Crippen LogP contribution in [0.2, 0.25) is 0 Å². The highest BCUT2D eigenvalue weighted by molar-refractivity contribution is 5.74. The summed E-state index contributed by atoms with van der Waals surface area (Å²) in [4.78, 5) is 12.4. The molecule has 4 aliphatic rings. The molecule has 0 radical (unpaired) electrons. The summed E-state index contributed by atoms with van der Waals surface area (Å²) in [7, 11) is 1.86. The number of aryl methyl sites for hydroxylation is 1. The Morgan fingerprint density at radius 2 is 1.83 bits per heavy atom. The SMILES string of the molecule is C=C(C=CC=C(CO)[C@H]1CC[C@]2([C@@H]1O)[C@H]1C(=C(C)C=O)[C@@H](C=C[C@H]1CCO)C[C@]2(O)CCNC)[C@H]1CC=C(C)[C@@H](O)N[C@H](C)Cc2cccc(c2)[C@@H]1CCc1ccccc1. The van der Waals surface area contributed by atoms with Crippen molar-refractivity contribution in [3.05, 3.63) is 142 Å². The van der Waals surface area contributed by atoms with E-state index in [1.165, 1.54) is 16.7 Å². The lowest BCUT2D eigenvalue weighted by Crippen LogP contribution is -2.65. The monoisotopic (exact) mass is 819 g/mol. The molecule has 0 aromatic heterocycles. The summed E-state index contributed by atoms with van der Waals surface area (Å²) in [6, 6.07) is 19.5. The molecule has 324 valence electrons. The van der Waals surface area contributed by atoms with Crippen molar-refractivity contribution < 1.29 is 30.3 Å². The van der Waals surface area contributed by atoms with E-state index in [0.29, 0.717) is 56.2 Å². The van der Waals surface area contributed by atoms with Crippen molar-refractivity contribution in [1.82, 2.24) is 10.6 Å². The molecule has 6 rings (SSSR count). The Morgan fingerprint density at radius 1 is 1.05 bits per heavy atom. The van der Waals surface area contributed by atoms with Crippen molar-refractivity contribution in [2.75, 3.05) is 26.8 Å². The van der Waals surface area contributed by atoms with Gasteiger partial charge in [0, 0.05) is 29.9 Å². The number of carbonyl (C=O) groups is 1. The van der Waals surface area contributed by atoms with E-state index < -0.39 is 29.3 Å². The van der Waals surface area contributed by atoms with E-state index in [1.807, 2.05) is 45.2 Å². The molecule has 1 spiro atoms. The molecule has 0 saturated heterocycles. The Bertz CT molecular complexity index is 1950. The van der Waals surface area contributed by atoms with Crippen LogP contribution in [0.4, 0.5) is 0 Å².